The van der Waals surface area contributed by atoms with E-state index in [0.29, 0.717) is 28.7 Å². The third kappa shape index (κ3) is 2.89. The average Bonchev–Trinajstić information content (AvgIpc) is 3.14. The molecule has 0 saturated heterocycles. The third-order valence-electron chi connectivity index (χ3n) is 4.20. The summed E-state index contributed by atoms with van der Waals surface area (Å²) in [6.45, 7) is 6.93. The summed E-state index contributed by atoms with van der Waals surface area (Å²) in [6.07, 6.45) is 3.61. The molecular weight excluding hydrogens is 266 g/mol. The number of allylic oxidation sites excluding steroid dienone is 6. The van der Waals surface area contributed by atoms with Gasteiger partial charge in [0.05, 0.1) is 0 Å². The molecule has 0 aliphatic heterocycles. The van der Waals surface area contributed by atoms with Crippen molar-refractivity contribution in [2.24, 2.45) is 11.1 Å². The van der Waals surface area contributed by atoms with E-state index in [-0.39, 0.29) is 18.0 Å². The van der Waals surface area contributed by atoms with Crippen LogP contribution in [0.25, 0.3) is 0 Å². The predicted octanol–water partition coefficient (Wildman–Crippen LogP) is 2.39. The van der Waals surface area contributed by atoms with E-state index < -0.39 is 11.3 Å². The number of carbonyl (C=O) groups excluding carboxylic acids is 3. The van der Waals surface area contributed by atoms with Crippen LogP contribution in [0.3, 0.4) is 0 Å². The van der Waals surface area contributed by atoms with E-state index in [4.69, 9.17) is 5.73 Å². The molecule has 4 heteroatoms. The Morgan fingerprint density at radius 2 is 1.76 bits per heavy atom. The number of amides is 1. The van der Waals surface area contributed by atoms with Crippen molar-refractivity contribution in [3.63, 3.8) is 0 Å². The van der Waals surface area contributed by atoms with Gasteiger partial charge in [-0.2, -0.15) is 0 Å². The Hall–Kier alpha value is -1.97. The van der Waals surface area contributed by atoms with Crippen LogP contribution in [-0.2, 0) is 14.4 Å². The van der Waals surface area contributed by atoms with E-state index in [1.54, 1.807) is 27.7 Å². The molecule has 0 unspecified atom stereocenters. The molecular formula is C17H21NO3. The Balaban J connectivity index is 2.42. The normalized spacial score (nSPS) is 19.1. The fourth-order valence-electron chi connectivity index (χ4n) is 3.00. The van der Waals surface area contributed by atoms with Crippen LogP contribution in [0.1, 0.15) is 47.0 Å². The highest BCUT2D eigenvalue weighted by atomic mass is 16.1. The van der Waals surface area contributed by atoms with Gasteiger partial charge in [-0.1, -0.05) is 25.5 Å². The van der Waals surface area contributed by atoms with Crippen molar-refractivity contribution in [2.45, 2.75) is 47.0 Å². The van der Waals surface area contributed by atoms with Crippen LogP contribution in [0.5, 0.6) is 0 Å². The third-order valence-corrected chi connectivity index (χ3v) is 4.20. The zero-order valence-corrected chi connectivity index (χ0v) is 13.0. The summed E-state index contributed by atoms with van der Waals surface area (Å²) in [5.41, 5.74) is 7.73. The molecule has 1 amide bonds. The molecule has 0 radical (unpaired) electrons. The number of hydrogen-bond donors (Lipinski definition) is 1. The Labute approximate surface area is 124 Å². The molecule has 0 bridgehead atoms. The minimum Gasteiger partial charge on any atom is -0.370 e. The summed E-state index contributed by atoms with van der Waals surface area (Å²) in [6, 6.07) is 0. The van der Waals surface area contributed by atoms with E-state index in [9.17, 15) is 14.4 Å². The number of carbonyl (C=O) groups is 3. The number of ketones is 2. The van der Waals surface area contributed by atoms with Crippen molar-refractivity contribution >= 4 is 17.5 Å². The van der Waals surface area contributed by atoms with Gasteiger partial charge >= 0.3 is 0 Å². The molecule has 2 rings (SSSR count). The molecule has 2 N–H and O–H groups in total. The van der Waals surface area contributed by atoms with E-state index in [0.717, 1.165) is 6.42 Å². The fraction of sp³-hybridized carbons (Fsp3) is 0.471. The summed E-state index contributed by atoms with van der Waals surface area (Å²) in [5, 5.41) is 0. The van der Waals surface area contributed by atoms with Gasteiger partial charge in [-0.15, -0.1) is 0 Å². The molecule has 2 aliphatic rings. The molecule has 112 valence electrons. The van der Waals surface area contributed by atoms with Crippen LogP contribution in [0.15, 0.2) is 33.9 Å². The predicted molar refractivity (Wildman–Crippen MR) is 80.3 cm³/mol. The standard InChI is InChI=1S/C17H21NO3/c1-9-12(7-11-5-6-11)15(20)10(2)14(16(9)21)17(3,4)8-13(18)19/h5H,6-8H2,1-4H3,(H2,18,19). The second-order valence-corrected chi connectivity index (χ2v) is 6.53. The van der Waals surface area contributed by atoms with Crippen LogP contribution >= 0.6 is 0 Å². The van der Waals surface area contributed by atoms with E-state index in [2.05, 4.69) is 6.08 Å². The van der Waals surface area contributed by atoms with Gasteiger partial charge in [0.2, 0.25) is 5.91 Å². The number of Topliss-reactive ketones (excluding diaryl/α,β-unsaturated/α-hetero) is 2. The molecule has 21 heavy (non-hydrogen) atoms. The van der Waals surface area contributed by atoms with Crippen LogP contribution in [0, 0.1) is 5.41 Å². The molecule has 2 aliphatic carbocycles. The van der Waals surface area contributed by atoms with Gasteiger partial charge in [0.25, 0.3) is 0 Å². The zero-order valence-electron chi connectivity index (χ0n) is 13.0. The Kier molecular flexibility index (Phi) is 3.74. The first kappa shape index (κ1) is 15.4. The molecule has 0 aromatic heterocycles. The monoisotopic (exact) mass is 287 g/mol. The maximum atomic E-state index is 12.7. The van der Waals surface area contributed by atoms with Gasteiger partial charge in [-0.3, -0.25) is 14.4 Å². The summed E-state index contributed by atoms with van der Waals surface area (Å²) >= 11 is 0. The first-order valence-electron chi connectivity index (χ1n) is 7.12. The second kappa shape index (κ2) is 5.10. The molecule has 0 aromatic rings. The second-order valence-electron chi connectivity index (χ2n) is 6.53. The van der Waals surface area contributed by atoms with E-state index in [1.165, 1.54) is 5.57 Å². The lowest BCUT2D eigenvalue weighted by Crippen LogP contribution is -2.33. The molecule has 0 fully saturated rings. The lowest BCUT2D eigenvalue weighted by molar-refractivity contribution is -0.120. The van der Waals surface area contributed by atoms with Crippen molar-refractivity contribution in [3.05, 3.63) is 33.9 Å². The number of nitrogens with two attached hydrogens (primary N) is 1. The van der Waals surface area contributed by atoms with Gasteiger partial charge < -0.3 is 5.73 Å². The lowest BCUT2D eigenvalue weighted by Gasteiger charge is -2.31. The van der Waals surface area contributed by atoms with Gasteiger partial charge in [0.15, 0.2) is 11.6 Å². The Morgan fingerprint density at radius 3 is 2.24 bits per heavy atom. The quantitative estimate of drug-likeness (QED) is 0.623. The number of hydrogen-bond acceptors (Lipinski definition) is 3. The van der Waals surface area contributed by atoms with E-state index >= 15 is 0 Å². The van der Waals surface area contributed by atoms with Crippen LogP contribution < -0.4 is 5.73 Å². The largest absolute Gasteiger partial charge is 0.370 e. The van der Waals surface area contributed by atoms with E-state index in [1.807, 2.05) is 0 Å². The summed E-state index contributed by atoms with van der Waals surface area (Å²) in [4.78, 5) is 36.5. The Bertz CT molecular complexity index is 645. The van der Waals surface area contributed by atoms with Gasteiger partial charge in [-0.05, 0) is 26.7 Å². The molecule has 0 heterocycles. The minimum absolute atomic E-state index is 0.0481. The smallest absolute Gasteiger partial charge is 0.218 e. The first-order chi connectivity index (χ1) is 9.65. The van der Waals surface area contributed by atoms with Crippen molar-refractivity contribution in [1.29, 1.82) is 0 Å². The summed E-state index contributed by atoms with van der Waals surface area (Å²) in [5.74, 6) is -0.682. The van der Waals surface area contributed by atoms with Crippen LogP contribution in [0.4, 0.5) is 0 Å². The minimum atomic E-state index is -0.728. The molecule has 0 aromatic carbocycles. The maximum absolute atomic E-state index is 12.7. The van der Waals surface area contributed by atoms with Gasteiger partial charge in [0.1, 0.15) is 0 Å². The topological polar surface area (TPSA) is 77.2 Å². The first-order valence-corrected chi connectivity index (χ1v) is 7.12. The van der Waals surface area contributed by atoms with Gasteiger partial charge in [0, 0.05) is 34.1 Å². The highest BCUT2D eigenvalue weighted by molar-refractivity contribution is 6.25. The maximum Gasteiger partial charge on any atom is 0.218 e. The lowest BCUT2D eigenvalue weighted by atomic mass is 9.70. The Morgan fingerprint density at radius 1 is 1.19 bits per heavy atom. The fourth-order valence-corrected chi connectivity index (χ4v) is 3.00. The zero-order chi connectivity index (χ0) is 15.9. The van der Waals surface area contributed by atoms with Crippen molar-refractivity contribution < 1.29 is 14.4 Å². The van der Waals surface area contributed by atoms with Crippen LogP contribution in [0.2, 0.25) is 0 Å². The molecule has 0 spiro atoms. The average molecular weight is 287 g/mol. The summed E-state index contributed by atoms with van der Waals surface area (Å²) < 4.78 is 0. The van der Waals surface area contributed by atoms with Crippen molar-refractivity contribution in [2.75, 3.05) is 0 Å². The number of rotatable bonds is 5. The molecule has 0 saturated carbocycles. The highest BCUT2D eigenvalue weighted by Gasteiger charge is 2.39. The highest BCUT2D eigenvalue weighted by Crippen LogP contribution is 2.40. The van der Waals surface area contributed by atoms with Crippen LogP contribution in [-0.4, -0.2) is 17.5 Å². The SMILES string of the molecule is CC1=C(CC2=CC2)C(=O)C(C)=C(C(C)(C)CC(N)=O)C1=O. The van der Waals surface area contributed by atoms with Crippen molar-refractivity contribution in [1.82, 2.24) is 0 Å². The number of primary amides is 1. The summed E-state index contributed by atoms with van der Waals surface area (Å²) in [7, 11) is 0. The van der Waals surface area contributed by atoms with Gasteiger partial charge in [-0.25, -0.2) is 0 Å². The van der Waals surface area contributed by atoms with Crippen molar-refractivity contribution in [3.8, 4) is 0 Å². The molecule has 4 nitrogen and oxygen atoms in total. The molecule has 0 atom stereocenters.